The van der Waals surface area contributed by atoms with Crippen LogP contribution in [0.25, 0.3) is 0 Å². The fourth-order valence-corrected chi connectivity index (χ4v) is 4.30. The number of nitrogens with one attached hydrogen (secondary N) is 1. The topological polar surface area (TPSA) is 67.3 Å². The largest absolute Gasteiger partial charge is 0.497 e. The number of aromatic nitrogens is 2. The SMILES string of the molecule is COc1ccc(NC(=O)N2CCC(c3nnc(C4CC4)s3)CC2)cc1. The molecule has 0 spiro atoms. The highest BCUT2D eigenvalue weighted by molar-refractivity contribution is 7.11. The average Bonchev–Trinajstić information content (AvgIpc) is 3.39. The van der Waals surface area contributed by atoms with Gasteiger partial charge in [0.05, 0.1) is 7.11 Å². The third-order valence-electron chi connectivity index (χ3n) is 4.86. The van der Waals surface area contributed by atoms with Crippen LogP contribution in [0.1, 0.15) is 47.5 Å². The Balaban J connectivity index is 1.30. The van der Waals surface area contributed by atoms with Gasteiger partial charge in [-0.2, -0.15) is 0 Å². The van der Waals surface area contributed by atoms with E-state index in [2.05, 4.69) is 15.5 Å². The fraction of sp³-hybridized carbons (Fsp3) is 0.500. The summed E-state index contributed by atoms with van der Waals surface area (Å²) in [6, 6.07) is 7.34. The summed E-state index contributed by atoms with van der Waals surface area (Å²) >= 11 is 1.77. The van der Waals surface area contributed by atoms with E-state index in [9.17, 15) is 4.79 Å². The van der Waals surface area contributed by atoms with Crippen molar-refractivity contribution < 1.29 is 9.53 Å². The molecule has 1 aliphatic heterocycles. The van der Waals surface area contributed by atoms with Gasteiger partial charge in [-0.15, -0.1) is 21.5 Å². The van der Waals surface area contributed by atoms with Crippen LogP contribution in [0, 0.1) is 0 Å². The molecule has 1 aromatic carbocycles. The molecule has 0 atom stereocenters. The van der Waals surface area contributed by atoms with Crippen molar-refractivity contribution in [3.63, 3.8) is 0 Å². The summed E-state index contributed by atoms with van der Waals surface area (Å²) in [5.41, 5.74) is 0.783. The molecule has 4 rings (SSSR count). The van der Waals surface area contributed by atoms with Crippen LogP contribution in [0.15, 0.2) is 24.3 Å². The lowest BCUT2D eigenvalue weighted by Gasteiger charge is -2.31. The summed E-state index contributed by atoms with van der Waals surface area (Å²) in [4.78, 5) is 14.3. The number of piperidine rings is 1. The molecule has 7 heteroatoms. The van der Waals surface area contributed by atoms with Gasteiger partial charge in [0.2, 0.25) is 0 Å². The second-order valence-corrected chi connectivity index (χ2v) is 7.71. The third-order valence-corrected chi connectivity index (χ3v) is 6.10. The zero-order chi connectivity index (χ0) is 17.2. The maximum absolute atomic E-state index is 12.4. The second-order valence-electron chi connectivity index (χ2n) is 6.67. The number of benzene rings is 1. The maximum atomic E-state index is 12.4. The first kappa shape index (κ1) is 16.3. The number of urea groups is 1. The Labute approximate surface area is 151 Å². The predicted octanol–water partition coefficient (Wildman–Crippen LogP) is 3.84. The molecule has 1 aromatic heterocycles. The van der Waals surface area contributed by atoms with E-state index in [0.29, 0.717) is 11.8 Å². The summed E-state index contributed by atoms with van der Waals surface area (Å²) in [6.45, 7) is 1.51. The summed E-state index contributed by atoms with van der Waals surface area (Å²) in [7, 11) is 1.63. The standard InChI is InChI=1S/C18H22N4O2S/c1-24-15-6-4-14(5-7-15)19-18(23)22-10-8-13(9-11-22)17-21-20-16(25-17)12-2-3-12/h4-7,12-13H,2-3,8-11H2,1H3,(H,19,23). The molecule has 0 unspecified atom stereocenters. The number of anilines is 1. The van der Waals surface area contributed by atoms with Gasteiger partial charge in [-0.25, -0.2) is 4.79 Å². The number of methoxy groups -OCH3 is 1. The molecule has 1 aliphatic carbocycles. The minimum atomic E-state index is -0.0421. The molecular formula is C18H22N4O2S. The molecule has 2 heterocycles. The van der Waals surface area contributed by atoms with Crippen molar-refractivity contribution in [1.29, 1.82) is 0 Å². The zero-order valence-corrected chi connectivity index (χ0v) is 15.1. The van der Waals surface area contributed by atoms with Gasteiger partial charge in [0.25, 0.3) is 0 Å². The minimum absolute atomic E-state index is 0.0421. The maximum Gasteiger partial charge on any atom is 0.321 e. The number of likely N-dealkylation sites (tertiary alicyclic amines) is 1. The van der Waals surface area contributed by atoms with Crippen LogP contribution in [0.4, 0.5) is 10.5 Å². The van der Waals surface area contributed by atoms with Gasteiger partial charge in [0, 0.05) is 30.6 Å². The van der Waals surface area contributed by atoms with Gasteiger partial charge in [0.15, 0.2) is 0 Å². The number of rotatable bonds is 4. The second kappa shape index (κ2) is 7.00. The Kier molecular flexibility index (Phi) is 4.57. The molecule has 0 radical (unpaired) electrons. The first-order valence-corrected chi connectivity index (χ1v) is 9.58. The lowest BCUT2D eigenvalue weighted by atomic mass is 9.98. The predicted molar refractivity (Wildman–Crippen MR) is 97.4 cm³/mol. The first-order chi connectivity index (χ1) is 12.2. The van der Waals surface area contributed by atoms with Crippen molar-refractivity contribution in [2.45, 2.75) is 37.5 Å². The van der Waals surface area contributed by atoms with E-state index in [0.717, 1.165) is 42.4 Å². The number of ether oxygens (including phenoxy) is 1. The Hall–Kier alpha value is -2.15. The van der Waals surface area contributed by atoms with Gasteiger partial charge in [0.1, 0.15) is 15.8 Å². The molecule has 0 bridgehead atoms. The lowest BCUT2D eigenvalue weighted by molar-refractivity contribution is 0.194. The van der Waals surface area contributed by atoms with E-state index >= 15 is 0 Å². The van der Waals surface area contributed by atoms with Crippen LogP contribution in [0.5, 0.6) is 5.75 Å². The van der Waals surface area contributed by atoms with Crippen molar-refractivity contribution >= 4 is 23.1 Å². The number of hydrogen-bond acceptors (Lipinski definition) is 5. The minimum Gasteiger partial charge on any atom is -0.497 e. The Morgan fingerprint density at radius 1 is 1.08 bits per heavy atom. The van der Waals surface area contributed by atoms with Gasteiger partial charge >= 0.3 is 6.03 Å². The molecule has 2 amide bonds. The van der Waals surface area contributed by atoms with Gasteiger partial charge in [-0.05, 0) is 49.9 Å². The Morgan fingerprint density at radius 3 is 2.24 bits per heavy atom. The van der Waals surface area contributed by atoms with Crippen molar-refractivity contribution in [2.24, 2.45) is 0 Å². The number of carbonyl (C=O) groups excluding carboxylic acids is 1. The normalized spacial score (nSPS) is 18.2. The number of carbonyl (C=O) groups is 1. The third kappa shape index (κ3) is 3.76. The molecule has 25 heavy (non-hydrogen) atoms. The average molecular weight is 358 g/mol. The molecule has 1 saturated carbocycles. The molecule has 1 N–H and O–H groups in total. The van der Waals surface area contributed by atoms with Crippen LogP contribution in [0.2, 0.25) is 0 Å². The van der Waals surface area contributed by atoms with Crippen LogP contribution in [0.3, 0.4) is 0 Å². The van der Waals surface area contributed by atoms with Crippen LogP contribution in [-0.4, -0.2) is 41.3 Å². The summed E-state index contributed by atoms with van der Waals surface area (Å²) in [6.07, 6.45) is 4.43. The van der Waals surface area contributed by atoms with Crippen LogP contribution in [-0.2, 0) is 0 Å². The Morgan fingerprint density at radius 2 is 1.68 bits per heavy atom. The van der Waals surface area contributed by atoms with E-state index in [1.54, 1.807) is 18.4 Å². The van der Waals surface area contributed by atoms with Crippen molar-refractivity contribution in [1.82, 2.24) is 15.1 Å². The highest BCUT2D eigenvalue weighted by Crippen LogP contribution is 2.43. The number of amides is 2. The van der Waals surface area contributed by atoms with Crippen molar-refractivity contribution in [3.8, 4) is 5.75 Å². The lowest BCUT2D eigenvalue weighted by Crippen LogP contribution is -2.40. The van der Waals surface area contributed by atoms with Gasteiger partial charge < -0.3 is 15.0 Å². The summed E-state index contributed by atoms with van der Waals surface area (Å²) in [5, 5.41) is 14.0. The summed E-state index contributed by atoms with van der Waals surface area (Å²) < 4.78 is 5.13. The monoisotopic (exact) mass is 358 g/mol. The van der Waals surface area contributed by atoms with Gasteiger partial charge in [-0.1, -0.05) is 0 Å². The molecule has 2 fully saturated rings. The fourth-order valence-electron chi connectivity index (χ4n) is 3.11. The van der Waals surface area contributed by atoms with E-state index in [-0.39, 0.29) is 6.03 Å². The van der Waals surface area contributed by atoms with E-state index in [4.69, 9.17) is 4.74 Å². The van der Waals surface area contributed by atoms with Gasteiger partial charge in [-0.3, -0.25) is 0 Å². The first-order valence-electron chi connectivity index (χ1n) is 8.76. The highest BCUT2D eigenvalue weighted by atomic mass is 32.1. The van der Waals surface area contributed by atoms with E-state index < -0.39 is 0 Å². The Bertz CT molecular complexity index is 734. The molecule has 6 nitrogen and oxygen atoms in total. The molecule has 132 valence electrons. The molecular weight excluding hydrogens is 336 g/mol. The van der Waals surface area contributed by atoms with Crippen molar-refractivity contribution in [2.75, 3.05) is 25.5 Å². The number of hydrogen-bond donors (Lipinski definition) is 1. The van der Waals surface area contributed by atoms with Crippen molar-refractivity contribution in [3.05, 3.63) is 34.3 Å². The molecule has 2 aromatic rings. The quantitative estimate of drug-likeness (QED) is 0.902. The van der Waals surface area contributed by atoms with Crippen LogP contribution < -0.4 is 10.1 Å². The van der Waals surface area contributed by atoms with E-state index in [1.165, 1.54) is 17.8 Å². The number of nitrogens with zero attached hydrogens (tertiary/aromatic N) is 3. The summed E-state index contributed by atoms with van der Waals surface area (Å²) in [5.74, 6) is 1.89. The smallest absolute Gasteiger partial charge is 0.321 e. The zero-order valence-electron chi connectivity index (χ0n) is 14.3. The van der Waals surface area contributed by atoms with E-state index in [1.807, 2.05) is 29.2 Å². The van der Waals surface area contributed by atoms with Crippen LogP contribution >= 0.6 is 11.3 Å². The highest BCUT2D eigenvalue weighted by Gasteiger charge is 2.30. The molecule has 2 aliphatic rings. The molecule has 1 saturated heterocycles.